The van der Waals surface area contributed by atoms with E-state index in [4.69, 9.17) is 9.15 Å². The molecule has 1 radical (unpaired) electrons. The molecule has 1 aliphatic rings. The first kappa shape index (κ1) is 18.6. The number of oxazole rings is 1. The van der Waals surface area contributed by atoms with Gasteiger partial charge in [0.25, 0.3) is 0 Å². The van der Waals surface area contributed by atoms with E-state index in [2.05, 4.69) is 23.5 Å². The Morgan fingerprint density at radius 1 is 1.11 bits per heavy atom. The summed E-state index contributed by atoms with van der Waals surface area (Å²) in [5.41, 5.74) is 3.14. The smallest absolute Gasteiger partial charge is 0.416 e. The summed E-state index contributed by atoms with van der Waals surface area (Å²) >= 11 is 0. The minimum absolute atomic E-state index is 0.314. The molecule has 0 fully saturated rings. The van der Waals surface area contributed by atoms with E-state index < -0.39 is 11.7 Å². The molecule has 0 atom stereocenters. The van der Waals surface area contributed by atoms with Gasteiger partial charge in [-0.1, -0.05) is 6.07 Å². The first-order valence-corrected chi connectivity index (χ1v) is 9.13. The molecule has 0 unspecified atom stereocenters. The monoisotopic (exact) mass is 386 g/mol. The highest BCUT2D eigenvalue weighted by Crippen LogP contribution is 2.31. The number of rotatable bonds is 5. The molecule has 0 saturated heterocycles. The molecule has 1 aromatic heterocycles. The molecular formula is C22H19F3NO2. The summed E-state index contributed by atoms with van der Waals surface area (Å²) in [5.74, 6) is 1.79. The molecule has 6 heteroatoms. The zero-order valence-corrected chi connectivity index (χ0v) is 15.3. The lowest BCUT2D eigenvalue weighted by molar-refractivity contribution is -0.137. The van der Waals surface area contributed by atoms with Crippen LogP contribution < -0.4 is 4.74 Å². The first-order chi connectivity index (χ1) is 13.4. The van der Waals surface area contributed by atoms with E-state index in [1.807, 2.05) is 6.07 Å². The quantitative estimate of drug-likeness (QED) is 0.557. The van der Waals surface area contributed by atoms with Gasteiger partial charge in [0.1, 0.15) is 11.5 Å². The topological polar surface area (TPSA) is 35.3 Å². The van der Waals surface area contributed by atoms with E-state index in [0.717, 1.165) is 36.4 Å². The predicted molar refractivity (Wildman–Crippen MR) is 99.0 cm³/mol. The van der Waals surface area contributed by atoms with Crippen LogP contribution in [-0.4, -0.2) is 11.6 Å². The molecule has 3 aromatic rings. The summed E-state index contributed by atoms with van der Waals surface area (Å²) in [5, 5.41) is 0. The molecule has 1 heterocycles. The maximum absolute atomic E-state index is 12.7. The van der Waals surface area contributed by atoms with Crippen molar-refractivity contribution in [3.05, 3.63) is 77.0 Å². The second-order valence-corrected chi connectivity index (χ2v) is 6.80. The van der Waals surface area contributed by atoms with Crippen LogP contribution in [0.15, 0.2) is 46.9 Å². The van der Waals surface area contributed by atoms with Gasteiger partial charge in [0.15, 0.2) is 0 Å². The number of alkyl halides is 3. The largest absolute Gasteiger partial charge is 0.493 e. The molecule has 0 spiro atoms. The van der Waals surface area contributed by atoms with E-state index in [-0.39, 0.29) is 0 Å². The summed E-state index contributed by atoms with van der Waals surface area (Å²) in [6.45, 7) is 2.24. The Bertz CT molecular complexity index is 974. The fourth-order valence-electron chi connectivity index (χ4n) is 3.32. The molecule has 0 bridgehead atoms. The predicted octanol–water partition coefficient (Wildman–Crippen LogP) is 5.79. The van der Waals surface area contributed by atoms with Crippen LogP contribution in [0.25, 0.3) is 11.5 Å². The standard InChI is InChI=1S/C22H19F3NO2/c1-14-20(11-12-27-19-10-7-15-3-2-4-17(15)13-19)26-21(28-14)16-5-8-18(9-6-16)22(23,24)25/h3,5-10,13H,2,4,11-12H2,1H3. The van der Waals surface area contributed by atoms with Crippen LogP contribution >= 0.6 is 0 Å². The van der Waals surface area contributed by atoms with Gasteiger partial charge in [-0.2, -0.15) is 13.2 Å². The Kier molecular flexibility index (Phi) is 4.87. The summed E-state index contributed by atoms with van der Waals surface area (Å²) < 4.78 is 49.5. The van der Waals surface area contributed by atoms with E-state index in [1.54, 1.807) is 6.92 Å². The molecule has 2 aromatic carbocycles. The number of halogens is 3. The van der Waals surface area contributed by atoms with Gasteiger partial charge in [-0.3, -0.25) is 0 Å². The first-order valence-electron chi connectivity index (χ1n) is 9.13. The maximum Gasteiger partial charge on any atom is 0.416 e. The zero-order valence-electron chi connectivity index (χ0n) is 15.3. The van der Waals surface area contributed by atoms with Crippen molar-refractivity contribution in [2.75, 3.05) is 6.61 Å². The van der Waals surface area contributed by atoms with Crippen molar-refractivity contribution in [2.45, 2.75) is 32.4 Å². The second-order valence-electron chi connectivity index (χ2n) is 6.80. The van der Waals surface area contributed by atoms with Crippen LogP contribution in [0.3, 0.4) is 0 Å². The van der Waals surface area contributed by atoms with Crippen molar-refractivity contribution in [1.82, 2.24) is 4.98 Å². The number of aryl methyl sites for hydroxylation is 2. The molecule has 145 valence electrons. The number of hydrogen-bond donors (Lipinski definition) is 0. The number of fused-ring (bicyclic) bond motifs is 1. The molecule has 0 aliphatic heterocycles. The Labute approximate surface area is 161 Å². The highest BCUT2D eigenvalue weighted by molar-refractivity contribution is 5.54. The summed E-state index contributed by atoms with van der Waals surface area (Å²) in [6, 6.07) is 10.9. The molecule has 0 amide bonds. The molecule has 0 N–H and O–H groups in total. The van der Waals surface area contributed by atoms with Crippen LogP contribution in [0, 0.1) is 13.3 Å². The van der Waals surface area contributed by atoms with Crippen molar-refractivity contribution in [3.63, 3.8) is 0 Å². The number of ether oxygens (including phenoxy) is 1. The maximum atomic E-state index is 12.7. The van der Waals surface area contributed by atoms with Gasteiger partial charge in [0.05, 0.1) is 17.9 Å². The van der Waals surface area contributed by atoms with E-state index in [0.29, 0.717) is 30.2 Å². The molecule has 0 saturated carbocycles. The number of nitrogens with zero attached hydrogens (tertiary/aromatic N) is 1. The molecule has 3 nitrogen and oxygen atoms in total. The lowest BCUT2D eigenvalue weighted by Gasteiger charge is -2.07. The Morgan fingerprint density at radius 3 is 2.64 bits per heavy atom. The molecule has 4 rings (SSSR count). The highest BCUT2D eigenvalue weighted by Gasteiger charge is 2.30. The van der Waals surface area contributed by atoms with Crippen molar-refractivity contribution in [2.24, 2.45) is 0 Å². The minimum Gasteiger partial charge on any atom is -0.493 e. The van der Waals surface area contributed by atoms with Crippen LogP contribution in [-0.2, 0) is 19.0 Å². The third-order valence-corrected chi connectivity index (χ3v) is 4.85. The van der Waals surface area contributed by atoms with Crippen molar-refractivity contribution < 1.29 is 22.3 Å². The number of benzene rings is 2. The molecular weight excluding hydrogens is 367 g/mol. The summed E-state index contributed by atoms with van der Waals surface area (Å²) in [4.78, 5) is 4.43. The van der Waals surface area contributed by atoms with Gasteiger partial charge < -0.3 is 9.15 Å². The minimum atomic E-state index is -4.36. The van der Waals surface area contributed by atoms with E-state index >= 15 is 0 Å². The Morgan fingerprint density at radius 2 is 1.89 bits per heavy atom. The van der Waals surface area contributed by atoms with Crippen LogP contribution in [0.5, 0.6) is 5.75 Å². The lowest BCUT2D eigenvalue weighted by Crippen LogP contribution is -2.04. The van der Waals surface area contributed by atoms with Crippen molar-refractivity contribution >= 4 is 0 Å². The van der Waals surface area contributed by atoms with Crippen LogP contribution in [0.2, 0.25) is 0 Å². The van der Waals surface area contributed by atoms with Gasteiger partial charge in [0, 0.05) is 12.0 Å². The highest BCUT2D eigenvalue weighted by atomic mass is 19.4. The molecule has 1 aliphatic carbocycles. The third-order valence-electron chi connectivity index (χ3n) is 4.85. The normalized spacial score (nSPS) is 13.6. The van der Waals surface area contributed by atoms with Gasteiger partial charge in [-0.05, 0) is 73.7 Å². The van der Waals surface area contributed by atoms with Crippen LogP contribution in [0.4, 0.5) is 13.2 Å². The summed E-state index contributed by atoms with van der Waals surface area (Å²) in [6.07, 6.45) is 0.540. The lowest BCUT2D eigenvalue weighted by atomic mass is 10.1. The van der Waals surface area contributed by atoms with E-state index in [1.165, 1.54) is 23.3 Å². The Hall–Kier alpha value is -2.76. The average molecular weight is 386 g/mol. The second kappa shape index (κ2) is 7.34. The van der Waals surface area contributed by atoms with Crippen molar-refractivity contribution in [1.29, 1.82) is 0 Å². The van der Waals surface area contributed by atoms with Crippen molar-refractivity contribution in [3.8, 4) is 17.2 Å². The molecule has 28 heavy (non-hydrogen) atoms. The SMILES string of the molecule is Cc1oc(-c2ccc(C(F)(F)F)cc2)nc1CCOc1ccc2c(c1)CC[CH]2. The average Bonchev–Trinajstić information content (AvgIpc) is 3.27. The zero-order chi connectivity index (χ0) is 19.7. The fourth-order valence-corrected chi connectivity index (χ4v) is 3.32. The summed E-state index contributed by atoms with van der Waals surface area (Å²) in [7, 11) is 0. The van der Waals surface area contributed by atoms with Gasteiger partial charge >= 0.3 is 6.18 Å². The van der Waals surface area contributed by atoms with Gasteiger partial charge in [-0.25, -0.2) is 4.98 Å². The van der Waals surface area contributed by atoms with Gasteiger partial charge in [0.2, 0.25) is 5.89 Å². The van der Waals surface area contributed by atoms with Gasteiger partial charge in [-0.15, -0.1) is 0 Å². The Balaban J connectivity index is 1.40. The number of aromatic nitrogens is 1. The van der Waals surface area contributed by atoms with E-state index in [9.17, 15) is 13.2 Å². The van der Waals surface area contributed by atoms with Crippen LogP contribution in [0.1, 0.15) is 34.6 Å². The third kappa shape index (κ3) is 3.91. The fraction of sp³-hybridized carbons (Fsp3) is 0.273. The number of hydrogen-bond acceptors (Lipinski definition) is 3.